The molecule has 0 aliphatic carbocycles. The van der Waals surface area contributed by atoms with E-state index in [1.54, 1.807) is 17.5 Å². The van der Waals surface area contributed by atoms with Crippen LogP contribution in [0.3, 0.4) is 0 Å². The molecule has 0 amide bonds. The topological polar surface area (TPSA) is 51.8 Å². The van der Waals surface area contributed by atoms with Crippen LogP contribution >= 0.6 is 27.3 Å². The van der Waals surface area contributed by atoms with Crippen molar-refractivity contribution in [1.29, 1.82) is 0 Å². The molecule has 2 aromatic heterocycles. The van der Waals surface area contributed by atoms with Crippen LogP contribution in [-0.4, -0.2) is 9.97 Å². The molecule has 0 fully saturated rings. The summed E-state index contributed by atoms with van der Waals surface area (Å²) in [6.45, 7) is 0. The second kappa shape index (κ2) is 4.06. The molecule has 0 aromatic carbocycles. The van der Waals surface area contributed by atoms with Crippen LogP contribution in [0.5, 0.6) is 0 Å². The molecule has 0 unspecified atom stereocenters. The molecule has 0 saturated heterocycles. The Morgan fingerprint density at radius 3 is 3.00 bits per heavy atom. The Kier molecular flexibility index (Phi) is 2.79. The van der Waals surface area contributed by atoms with Gasteiger partial charge in [-0.2, -0.15) is 0 Å². The highest BCUT2D eigenvalue weighted by Crippen LogP contribution is 2.27. The van der Waals surface area contributed by atoms with Crippen LogP contribution < -0.4 is 5.73 Å². The van der Waals surface area contributed by atoms with Gasteiger partial charge in [0.2, 0.25) is 5.95 Å². The number of halogens is 1. The molecular weight excluding hydrogens is 262 g/mol. The number of hydrogen-bond acceptors (Lipinski definition) is 4. The molecule has 5 heteroatoms. The van der Waals surface area contributed by atoms with E-state index in [2.05, 4.69) is 25.9 Å². The van der Waals surface area contributed by atoms with Crippen molar-refractivity contribution in [2.75, 3.05) is 5.73 Å². The maximum Gasteiger partial charge on any atom is 0.220 e. The summed E-state index contributed by atoms with van der Waals surface area (Å²) in [4.78, 5) is 9.31. The zero-order valence-corrected chi connectivity index (χ0v) is 9.68. The molecule has 0 aliphatic rings. The van der Waals surface area contributed by atoms with Gasteiger partial charge in [-0.1, -0.05) is 22.0 Å². The quantitative estimate of drug-likeness (QED) is 0.853. The van der Waals surface area contributed by atoms with Crippen LogP contribution in [0.15, 0.2) is 23.7 Å². The van der Waals surface area contributed by atoms with Crippen molar-refractivity contribution in [3.8, 4) is 10.6 Å². The van der Waals surface area contributed by atoms with E-state index in [1.807, 2.05) is 17.5 Å². The van der Waals surface area contributed by atoms with E-state index < -0.39 is 0 Å². The first-order valence-corrected chi connectivity index (χ1v) is 6.02. The van der Waals surface area contributed by atoms with E-state index in [4.69, 9.17) is 5.73 Å². The molecule has 2 aromatic rings. The zero-order chi connectivity index (χ0) is 9.97. The second-order valence-corrected chi connectivity index (χ2v) is 4.22. The van der Waals surface area contributed by atoms with Gasteiger partial charge in [0.25, 0.3) is 0 Å². The monoisotopic (exact) mass is 269 g/mol. The number of anilines is 1. The van der Waals surface area contributed by atoms with Crippen molar-refractivity contribution in [3.05, 3.63) is 29.3 Å². The van der Waals surface area contributed by atoms with Gasteiger partial charge in [0.05, 0.1) is 10.6 Å². The third-order valence-corrected chi connectivity index (χ3v) is 3.26. The molecule has 0 saturated carbocycles. The van der Waals surface area contributed by atoms with E-state index in [0.717, 1.165) is 21.5 Å². The second-order valence-electron chi connectivity index (χ2n) is 2.71. The first-order chi connectivity index (χ1) is 6.81. The van der Waals surface area contributed by atoms with Crippen molar-refractivity contribution in [3.63, 3.8) is 0 Å². The van der Waals surface area contributed by atoms with Crippen LogP contribution in [0, 0.1) is 0 Å². The van der Waals surface area contributed by atoms with E-state index >= 15 is 0 Å². The summed E-state index contributed by atoms with van der Waals surface area (Å²) in [7, 11) is 0. The van der Waals surface area contributed by atoms with Crippen molar-refractivity contribution >= 4 is 33.2 Å². The minimum absolute atomic E-state index is 0.318. The maximum atomic E-state index is 5.56. The average molecular weight is 270 g/mol. The zero-order valence-electron chi connectivity index (χ0n) is 7.27. The van der Waals surface area contributed by atoms with E-state index in [9.17, 15) is 0 Å². The van der Waals surface area contributed by atoms with Gasteiger partial charge < -0.3 is 5.73 Å². The number of nitrogens with zero attached hydrogens (tertiary/aromatic N) is 2. The van der Waals surface area contributed by atoms with Gasteiger partial charge in [-0.05, 0) is 11.4 Å². The predicted octanol–water partition coefficient (Wildman–Crippen LogP) is 2.68. The fourth-order valence-corrected chi connectivity index (χ4v) is 2.30. The smallest absolute Gasteiger partial charge is 0.220 e. The maximum absolute atomic E-state index is 5.56. The van der Waals surface area contributed by atoms with Crippen molar-refractivity contribution in [1.82, 2.24) is 9.97 Å². The Balaban J connectivity index is 2.55. The molecule has 0 aliphatic heterocycles. The molecule has 14 heavy (non-hydrogen) atoms. The predicted molar refractivity (Wildman–Crippen MR) is 62.4 cm³/mol. The summed E-state index contributed by atoms with van der Waals surface area (Å²) in [6, 6.07) is 4.02. The third-order valence-electron chi connectivity index (χ3n) is 1.78. The Bertz CT molecular complexity index is 428. The lowest BCUT2D eigenvalue weighted by Crippen LogP contribution is -1.98. The fourth-order valence-electron chi connectivity index (χ4n) is 1.14. The Hall–Kier alpha value is -0.940. The average Bonchev–Trinajstić information content (AvgIpc) is 2.70. The van der Waals surface area contributed by atoms with Gasteiger partial charge in [0, 0.05) is 17.1 Å². The molecule has 2 rings (SSSR count). The van der Waals surface area contributed by atoms with Crippen LogP contribution in [0.25, 0.3) is 10.6 Å². The number of nitrogen functional groups attached to an aromatic ring is 1. The molecule has 0 atom stereocenters. The minimum atomic E-state index is 0.318. The van der Waals surface area contributed by atoms with Crippen LogP contribution in [0.4, 0.5) is 5.95 Å². The SMILES string of the molecule is Nc1ncc(CBr)c(-c2cccs2)n1. The van der Waals surface area contributed by atoms with E-state index in [-0.39, 0.29) is 0 Å². The first kappa shape index (κ1) is 9.61. The lowest BCUT2D eigenvalue weighted by atomic mass is 10.2. The van der Waals surface area contributed by atoms with E-state index in [1.165, 1.54) is 0 Å². The number of nitrogens with two attached hydrogens (primary N) is 1. The summed E-state index contributed by atoms with van der Waals surface area (Å²) >= 11 is 5.05. The van der Waals surface area contributed by atoms with Gasteiger partial charge in [0.15, 0.2) is 0 Å². The lowest BCUT2D eigenvalue weighted by molar-refractivity contribution is 1.15. The van der Waals surface area contributed by atoms with Gasteiger partial charge in [-0.15, -0.1) is 11.3 Å². The van der Waals surface area contributed by atoms with Crippen molar-refractivity contribution in [2.24, 2.45) is 0 Å². The Morgan fingerprint density at radius 1 is 1.50 bits per heavy atom. The highest BCUT2D eigenvalue weighted by molar-refractivity contribution is 9.08. The highest BCUT2D eigenvalue weighted by Gasteiger charge is 2.07. The lowest BCUT2D eigenvalue weighted by Gasteiger charge is -2.03. The molecule has 3 nitrogen and oxygen atoms in total. The minimum Gasteiger partial charge on any atom is -0.368 e. The van der Waals surface area contributed by atoms with Crippen LogP contribution in [-0.2, 0) is 5.33 Å². The summed E-state index contributed by atoms with van der Waals surface area (Å²) in [6.07, 6.45) is 1.76. The fraction of sp³-hybridized carbons (Fsp3) is 0.111. The molecule has 0 radical (unpaired) electrons. The number of aromatic nitrogens is 2. The molecule has 0 bridgehead atoms. The van der Waals surface area contributed by atoms with Gasteiger partial charge in [-0.3, -0.25) is 0 Å². The standard InChI is InChI=1S/C9H8BrN3S/c10-4-6-5-12-9(11)13-8(6)7-2-1-3-14-7/h1-3,5H,4H2,(H2,11,12,13). The van der Waals surface area contributed by atoms with Crippen LogP contribution in [0.2, 0.25) is 0 Å². The van der Waals surface area contributed by atoms with Gasteiger partial charge in [0.1, 0.15) is 0 Å². The van der Waals surface area contributed by atoms with Gasteiger partial charge in [-0.25, -0.2) is 9.97 Å². The number of hydrogen-bond donors (Lipinski definition) is 1. The molecule has 2 heterocycles. The van der Waals surface area contributed by atoms with Gasteiger partial charge >= 0.3 is 0 Å². The number of rotatable bonds is 2. The summed E-state index contributed by atoms with van der Waals surface area (Å²) in [5, 5.41) is 2.76. The molecule has 2 N–H and O–H groups in total. The van der Waals surface area contributed by atoms with Crippen molar-refractivity contribution < 1.29 is 0 Å². The molecule has 72 valence electrons. The normalized spacial score (nSPS) is 10.4. The summed E-state index contributed by atoms with van der Waals surface area (Å²) < 4.78 is 0. The number of alkyl halides is 1. The number of thiophene rings is 1. The summed E-state index contributed by atoms with van der Waals surface area (Å²) in [5.41, 5.74) is 7.53. The van der Waals surface area contributed by atoms with Crippen molar-refractivity contribution in [2.45, 2.75) is 5.33 Å². The summed E-state index contributed by atoms with van der Waals surface area (Å²) in [5.74, 6) is 0.318. The molecular formula is C9H8BrN3S. The largest absolute Gasteiger partial charge is 0.368 e. The Morgan fingerprint density at radius 2 is 2.36 bits per heavy atom. The molecule has 0 spiro atoms. The van der Waals surface area contributed by atoms with Crippen LogP contribution in [0.1, 0.15) is 5.56 Å². The van der Waals surface area contributed by atoms with E-state index in [0.29, 0.717) is 5.95 Å². The highest BCUT2D eigenvalue weighted by atomic mass is 79.9. The Labute approximate surface area is 94.1 Å². The first-order valence-electron chi connectivity index (χ1n) is 4.02. The third kappa shape index (κ3) is 1.78.